The van der Waals surface area contributed by atoms with Crippen molar-refractivity contribution in [2.24, 2.45) is 5.92 Å². The summed E-state index contributed by atoms with van der Waals surface area (Å²) in [6.07, 6.45) is 2.37. The van der Waals surface area contributed by atoms with Crippen molar-refractivity contribution in [3.8, 4) is 0 Å². The fourth-order valence-electron chi connectivity index (χ4n) is 3.36. The molecule has 0 spiro atoms. The summed E-state index contributed by atoms with van der Waals surface area (Å²) in [5.74, 6) is 0.485. The molecule has 1 atom stereocenters. The van der Waals surface area contributed by atoms with Crippen molar-refractivity contribution in [2.45, 2.75) is 19.8 Å². The Bertz CT molecular complexity index is 743. The highest BCUT2D eigenvalue weighted by Crippen LogP contribution is 2.20. The minimum atomic E-state index is -0.0805. The molecule has 0 aromatic heterocycles. The molecule has 1 N–H and O–H groups in total. The van der Waals surface area contributed by atoms with Crippen LogP contribution in [0.25, 0.3) is 0 Å². The molecule has 1 saturated heterocycles. The first-order valence-corrected chi connectivity index (χ1v) is 8.84. The molecule has 0 radical (unpaired) electrons. The van der Waals surface area contributed by atoms with E-state index in [4.69, 9.17) is 0 Å². The van der Waals surface area contributed by atoms with E-state index in [9.17, 15) is 9.59 Å². The Labute approximate surface area is 148 Å². The van der Waals surface area contributed by atoms with E-state index in [-0.39, 0.29) is 11.7 Å². The van der Waals surface area contributed by atoms with Crippen LogP contribution in [-0.2, 0) is 4.79 Å². The van der Waals surface area contributed by atoms with Crippen LogP contribution in [0, 0.1) is 5.92 Å². The number of benzene rings is 2. The molecule has 25 heavy (non-hydrogen) atoms. The molecule has 0 saturated carbocycles. The van der Waals surface area contributed by atoms with Gasteiger partial charge in [0.25, 0.3) is 0 Å². The largest absolute Gasteiger partial charge is 0.324 e. The summed E-state index contributed by atoms with van der Waals surface area (Å²) in [5.41, 5.74) is 1.72. The van der Waals surface area contributed by atoms with Crippen molar-refractivity contribution in [3.05, 3.63) is 65.7 Å². The summed E-state index contributed by atoms with van der Waals surface area (Å²) in [5, 5.41) is 2.92. The second-order valence-electron chi connectivity index (χ2n) is 6.77. The third-order valence-corrected chi connectivity index (χ3v) is 4.59. The molecule has 4 nitrogen and oxygen atoms in total. The number of amides is 1. The number of ketones is 1. The first-order valence-electron chi connectivity index (χ1n) is 8.84. The summed E-state index contributed by atoms with van der Waals surface area (Å²) >= 11 is 0. The summed E-state index contributed by atoms with van der Waals surface area (Å²) in [7, 11) is 0. The van der Waals surface area contributed by atoms with Crippen LogP contribution in [0.1, 0.15) is 35.7 Å². The van der Waals surface area contributed by atoms with Crippen LogP contribution in [-0.4, -0.2) is 36.2 Å². The SMILES string of the molecule is CC1CCCN(CC(=O)Nc2ccccc2C(=O)c2ccccc2)C1. The number of hydrogen-bond acceptors (Lipinski definition) is 3. The van der Waals surface area contributed by atoms with Gasteiger partial charge in [-0.3, -0.25) is 14.5 Å². The zero-order valence-electron chi connectivity index (χ0n) is 14.6. The first-order chi connectivity index (χ1) is 12.1. The van der Waals surface area contributed by atoms with Crippen LogP contribution >= 0.6 is 0 Å². The van der Waals surface area contributed by atoms with Crippen LogP contribution in [0.3, 0.4) is 0 Å². The molecule has 1 heterocycles. The lowest BCUT2D eigenvalue weighted by Gasteiger charge is -2.30. The van der Waals surface area contributed by atoms with E-state index in [1.165, 1.54) is 6.42 Å². The highest BCUT2D eigenvalue weighted by atomic mass is 16.2. The zero-order valence-corrected chi connectivity index (χ0v) is 14.6. The number of nitrogens with zero attached hydrogens (tertiary/aromatic N) is 1. The van der Waals surface area contributed by atoms with Gasteiger partial charge in [-0.25, -0.2) is 0 Å². The molecule has 4 heteroatoms. The molecule has 1 aliphatic rings. The van der Waals surface area contributed by atoms with E-state index in [0.29, 0.717) is 29.3 Å². The minimum absolute atomic E-state index is 0.0672. The van der Waals surface area contributed by atoms with Gasteiger partial charge >= 0.3 is 0 Å². The van der Waals surface area contributed by atoms with Gasteiger partial charge in [0.05, 0.1) is 12.2 Å². The number of rotatable bonds is 5. The fraction of sp³-hybridized carbons (Fsp3) is 0.333. The third-order valence-electron chi connectivity index (χ3n) is 4.59. The monoisotopic (exact) mass is 336 g/mol. The van der Waals surface area contributed by atoms with Crippen molar-refractivity contribution >= 4 is 17.4 Å². The van der Waals surface area contributed by atoms with Gasteiger partial charge in [0.2, 0.25) is 5.91 Å². The number of para-hydroxylation sites is 1. The molecule has 1 fully saturated rings. The van der Waals surface area contributed by atoms with E-state index >= 15 is 0 Å². The number of nitrogens with one attached hydrogen (secondary N) is 1. The van der Waals surface area contributed by atoms with Gasteiger partial charge in [0.1, 0.15) is 0 Å². The lowest BCUT2D eigenvalue weighted by molar-refractivity contribution is -0.117. The first kappa shape index (κ1) is 17.4. The van der Waals surface area contributed by atoms with E-state index in [1.807, 2.05) is 30.3 Å². The van der Waals surface area contributed by atoms with Crippen molar-refractivity contribution in [1.29, 1.82) is 0 Å². The number of carbonyl (C=O) groups excluding carboxylic acids is 2. The zero-order chi connectivity index (χ0) is 17.6. The van der Waals surface area contributed by atoms with Crippen LogP contribution in [0.2, 0.25) is 0 Å². The van der Waals surface area contributed by atoms with E-state index < -0.39 is 0 Å². The smallest absolute Gasteiger partial charge is 0.238 e. The Hall–Kier alpha value is -2.46. The van der Waals surface area contributed by atoms with Crippen LogP contribution in [0.5, 0.6) is 0 Å². The molecule has 1 aliphatic heterocycles. The molecule has 0 aliphatic carbocycles. The average molecular weight is 336 g/mol. The predicted octanol–water partition coefficient (Wildman–Crippen LogP) is 3.59. The van der Waals surface area contributed by atoms with Gasteiger partial charge in [-0.2, -0.15) is 0 Å². The third kappa shape index (κ3) is 4.54. The highest BCUT2D eigenvalue weighted by molar-refractivity contribution is 6.13. The standard InChI is InChI=1S/C21H24N2O2/c1-16-8-7-13-23(14-16)15-20(24)22-19-12-6-5-11-18(19)21(25)17-9-3-2-4-10-17/h2-6,9-12,16H,7-8,13-15H2,1H3,(H,22,24). The highest BCUT2D eigenvalue weighted by Gasteiger charge is 2.20. The quantitative estimate of drug-likeness (QED) is 0.849. The van der Waals surface area contributed by atoms with Gasteiger partial charge < -0.3 is 5.32 Å². The molecule has 2 aromatic carbocycles. The minimum Gasteiger partial charge on any atom is -0.324 e. The Morgan fingerprint density at radius 3 is 2.56 bits per heavy atom. The Morgan fingerprint density at radius 1 is 1.08 bits per heavy atom. The normalized spacial score (nSPS) is 17.9. The van der Waals surface area contributed by atoms with Gasteiger partial charge in [0, 0.05) is 17.7 Å². The van der Waals surface area contributed by atoms with Crippen LogP contribution < -0.4 is 5.32 Å². The molecular weight excluding hydrogens is 312 g/mol. The van der Waals surface area contributed by atoms with Crippen molar-refractivity contribution in [2.75, 3.05) is 25.0 Å². The molecular formula is C21H24N2O2. The number of piperidine rings is 1. The number of carbonyl (C=O) groups is 2. The summed E-state index contributed by atoms with van der Waals surface area (Å²) in [6, 6.07) is 16.3. The summed E-state index contributed by atoms with van der Waals surface area (Å²) in [4.78, 5) is 27.3. The maximum Gasteiger partial charge on any atom is 0.238 e. The Kier molecular flexibility index (Phi) is 5.61. The average Bonchev–Trinajstić information content (AvgIpc) is 2.62. The Morgan fingerprint density at radius 2 is 1.80 bits per heavy atom. The van der Waals surface area contributed by atoms with Crippen molar-refractivity contribution in [1.82, 2.24) is 4.90 Å². The molecule has 0 bridgehead atoms. The lowest BCUT2D eigenvalue weighted by atomic mass is 10.0. The molecule has 130 valence electrons. The van der Waals surface area contributed by atoms with Crippen LogP contribution in [0.15, 0.2) is 54.6 Å². The van der Waals surface area contributed by atoms with Crippen molar-refractivity contribution in [3.63, 3.8) is 0 Å². The Balaban J connectivity index is 1.70. The van der Waals surface area contributed by atoms with Gasteiger partial charge in [-0.05, 0) is 37.4 Å². The predicted molar refractivity (Wildman–Crippen MR) is 99.8 cm³/mol. The number of anilines is 1. The van der Waals surface area contributed by atoms with Gasteiger partial charge in [0.15, 0.2) is 5.78 Å². The fourth-order valence-corrected chi connectivity index (χ4v) is 3.36. The molecule has 2 aromatic rings. The molecule has 1 unspecified atom stereocenters. The summed E-state index contributed by atoms with van der Waals surface area (Å²) in [6.45, 7) is 4.51. The van der Waals surface area contributed by atoms with E-state index in [2.05, 4.69) is 17.1 Å². The number of likely N-dealkylation sites (tertiary alicyclic amines) is 1. The molecule has 1 amide bonds. The van der Waals surface area contributed by atoms with Crippen molar-refractivity contribution < 1.29 is 9.59 Å². The topological polar surface area (TPSA) is 49.4 Å². The van der Waals surface area contributed by atoms with E-state index in [1.54, 1.807) is 24.3 Å². The second-order valence-corrected chi connectivity index (χ2v) is 6.77. The lowest BCUT2D eigenvalue weighted by Crippen LogP contribution is -2.39. The van der Waals surface area contributed by atoms with Crippen LogP contribution in [0.4, 0.5) is 5.69 Å². The molecule has 3 rings (SSSR count). The maximum atomic E-state index is 12.7. The number of hydrogen-bond donors (Lipinski definition) is 1. The second kappa shape index (κ2) is 8.08. The van der Waals surface area contributed by atoms with Gasteiger partial charge in [-0.15, -0.1) is 0 Å². The van der Waals surface area contributed by atoms with Gasteiger partial charge in [-0.1, -0.05) is 49.4 Å². The maximum absolute atomic E-state index is 12.7. The summed E-state index contributed by atoms with van der Waals surface area (Å²) < 4.78 is 0. The van der Waals surface area contributed by atoms with E-state index in [0.717, 1.165) is 19.5 Å².